The van der Waals surface area contributed by atoms with Crippen LogP contribution in [0, 0.1) is 5.92 Å². The molecule has 1 unspecified atom stereocenters. The van der Waals surface area contributed by atoms with Crippen LogP contribution >= 0.6 is 0 Å². The molecule has 0 spiro atoms. The molecule has 2 aromatic rings. The number of nitrogens with one attached hydrogen (secondary N) is 1. The smallest absolute Gasteiger partial charge is 0.251 e. The minimum absolute atomic E-state index is 0.0332. The SMILES string of the molecule is CCc1cc2ccc(C(O)C(CC)CC)cc2[nH]c1=O. The molecule has 3 nitrogen and oxygen atoms in total. The van der Waals surface area contributed by atoms with E-state index in [1.165, 1.54) is 0 Å². The number of pyridine rings is 1. The highest BCUT2D eigenvalue weighted by Crippen LogP contribution is 2.28. The average molecular weight is 273 g/mol. The molecule has 3 heteroatoms. The molecular weight excluding hydrogens is 250 g/mol. The molecular formula is C17H23NO2. The maximum atomic E-state index is 11.9. The van der Waals surface area contributed by atoms with Gasteiger partial charge in [-0.25, -0.2) is 0 Å². The molecule has 0 aliphatic heterocycles. The second kappa shape index (κ2) is 6.23. The molecule has 0 aliphatic carbocycles. The molecule has 0 fully saturated rings. The Morgan fingerprint density at radius 3 is 2.45 bits per heavy atom. The summed E-state index contributed by atoms with van der Waals surface area (Å²) in [6, 6.07) is 7.77. The minimum atomic E-state index is -0.469. The topological polar surface area (TPSA) is 53.1 Å². The Bertz CT molecular complexity index is 641. The second-order valence-corrected chi connectivity index (χ2v) is 5.35. The molecule has 0 saturated heterocycles. The molecule has 1 aromatic carbocycles. The van der Waals surface area contributed by atoms with Gasteiger partial charge < -0.3 is 10.1 Å². The number of benzene rings is 1. The number of H-pyrrole nitrogens is 1. The van der Waals surface area contributed by atoms with Gasteiger partial charge in [-0.3, -0.25) is 4.79 Å². The number of hydrogen-bond acceptors (Lipinski definition) is 2. The Morgan fingerprint density at radius 2 is 1.85 bits per heavy atom. The van der Waals surface area contributed by atoms with Crippen LogP contribution in [-0.2, 0) is 6.42 Å². The molecule has 1 aromatic heterocycles. The number of aromatic amines is 1. The lowest BCUT2D eigenvalue weighted by Gasteiger charge is -2.20. The van der Waals surface area contributed by atoms with E-state index in [-0.39, 0.29) is 11.5 Å². The van der Waals surface area contributed by atoms with Crippen molar-refractivity contribution in [3.63, 3.8) is 0 Å². The van der Waals surface area contributed by atoms with E-state index in [9.17, 15) is 9.90 Å². The fourth-order valence-corrected chi connectivity index (χ4v) is 2.72. The number of aryl methyl sites for hydroxylation is 1. The van der Waals surface area contributed by atoms with Crippen LogP contribution in [0.5, 0.6) is 0 Å². The Hall–Kier alpha value is -1.61. The van der Waals surface area contributed by atoms with Gasteiger partial charge in [0, 0.05) is 11.1 Å². The third kappa shape index (κ3) is 2.78. The molecule has 0 bridgehead atoms. The monoisotopic (exact) mass is 273 g/mol. The molecule has 2 rings (SSSR count). The minimum Gasteiger partial charge on any atom is -0.388 e. The predicted molar refractivity (Wildman–Crippen MR) is 83.0 cm³/mol. The van der Waals surface area contributed by atoms with Crippen LogP contribution in [0.2, 0.25) is 0 Å². The molecule has 0 amide bonds. The summed E-state index contributed by atoms with van der Waals surface area (Å²) < 4.78 is 0. The van der Waals surface area contributed by atoms with Crippen molar-refractivity contribution < 1.29 is 5.11 Å². The van der Waals surface area contributed by atoms with Crippen molar-refractivity contribution in [1.82, 2.24) is 4.98 Å². The van der Waals surface area contributed by atoms with E-state index in [0.717, 1.165) is 41.3 Å². The van der Waals surface area contributed by atoms with Gasteiger partial charge in [0.15, 0.2) is 0 Å². The lowest BCUT2D eigenvalue weighted by Crippen LogP contribution is -2.13. The van der Waals surface area contributed by atoms with Gasteiger partial charge in [-0.2, -0.15) is 0 Å². The van der Waals surface area contributed by atoms with Gasteiger partial charge in [-0.15, -0.1) is 0 Å². The number of hydrogen-bond donors (Lipinski definition) is 2. The molecule has 0 aliphatic rings. The standard InChI is InChI=1S/C17H23NO2/c1-4-11(5-2)16(19)14-8-7-13-9-12(6-3)17(20)18-15(13)10-14/h7-11,16,19H,4-6H2,1-3H3,(H,18,20). The fourth-order valence-electron chi connectivity index (χ4n) is 2.72. The van der Waals surface area contributed by atoms with Gasteiger partial charge in [0.2, 0.25) is 0 Å². The van der Waals surface area contributed by atoms with Gasteiger partial charge in [0.25, 0.3) is 5.56 Å². The van der Waals surface area contributed by atoms with Crippen molar-refractivity contribution in [3.05, 3.63) is 45.7 Å². The molecule has 0 saturated carbocycles. The second-order valence-electron chi connectivity index (χ2n) is 5.35. The summed E-state index contributed by atoms with van der Waals surface area (Å²) in [4.78, 5) is 14.8. The molecule has 1 heterocycles. The Morgan fingerprint density at radius 1 is 1.15 bits per heavy atom. The van der Waals surface area contributed by atoms with Crippen LogP contribution in [0.3, 0.4) is 0 Å². The highest BCUT2D eigenvalue weighted by molar-refractivity contribution is 5.79. The summed E-state index contributed by atoms with van der Waals surface area (Å²) >= 11 is 0. The Labute approximate surface area is 119 Å². The van der Waals surface area contributed by atoms with Crippen molar-refractivity contribution in [1.29, 1.82) is 0 Å². The van der Waals surface area contributed by atoms with Crippen LogP contribution in [0.15, 0.2) is 29.1 Å². The van der Waals surface area contributed by atoms with E-state index < -0.39 is 6.10 Å². The summed E-state index contributed by atoms with van der Waals surface area (Å²) in [6.07, 6.45) is 2.15. The first-order valence-electron chi connectivity index (χ1n) is 7.44. The molecule has 2 N–H and O–H groups in total. The van der Waals surface area contributed by atoms with Gasteiger partial charge in [0.1, 0.15) is 0 Å². The van der Waals surface area contributed by atoms with E-state index in [0.29, 0.717) is 0 Å². The van der Waals surface area contributed by atoms with Gasteiger partial charge >= 0.3 is 0 Å². The lowest BCUT2D eigenvalue weighted by molar-refractivity contribution is 0.103. The lowest BCUT2D eigenvalue weighted by atomic mass is 9.91. The largest absolute Gasteiger partial charge is 0.388 e. The first kappa shape index (κ1) is 14.8. The summed E-state index contributed by atoms with van der Waals surface area (Å²) in [5, 5.41) is 11.4. The highest BCUT2D eigenvalue weighted by Gasteiger charge is 2.17. The highest BCUT2D eigenvalue weighted by atomic mass is 16.3. The zero-order valence-electron chi connectivity index (χ0n) is 12.4. The molecule has 1 atom stereocenters. The number of aliphatic hydroxyl groups excluding tert-OH is 1. The van der Waals surface area contributed by atoms with Gasteiger partial charge in [-0.1, -0.05) is 45.7 Å². The summed E-state index contributed by atoms with van der Waals surface area (Å²) in [7, 11) is 0. The Kier molecular flexibility index (Phi) is 4.61. The van der Waals surface area contributed by atoms with Gasteiger partial charge in [-0.05, 0) is 35.4 Å². The van der Waals surface area contributed by atoms with E-state index in [2.05, 4.69) is 18.8 Å². The maximum Gasteiger partial charge on any atom is 0.251 e. The van der Waals surface area contributed by atoms with E-state index >= 15 is 0 Å². The predicted octanol–water partition coefficient (Wildman–Crippen LogP) is 3.56. The van der Waals surface area contributed by atoms with Crippen molar-refractivity contribution in [2.45, 2.75) is 46.1 Å². The first-order chi connectivity index (χ1) is 9.60. The number of rotatable bonds is 5. The number of aliphatic hydroxyl groups is 1. The van der Waals surface area contributed by atoms with E-state index in [1.54, 1.807) is 0 Å². The van der Waals surface area contributed by atoms with E-state index in [4.69, 9.17) is 0 Å². The maximum absolute atomic E-state index is 11.9. The summed E-state index contributed by atoms with van der Waals surface area (Å²) in [5.41, 5.74) is 2.45. The average Bonchev–Trinajstić information content (AvgIpc) is 2.47. The van der Waals surface area contributed by atoms with Crippen LogP contribution in [-0.4, -0.2) is 10.1 Å². The number of aromatic nitrogens is 1. The molecule has 108 valence electrons. The third-order valence-corrected chi connectivity index (χ3v) is 4.16. The normalized spacial score (nSPS) is 13.1. The Balaban J connectivity index is 2.46. The fraction of sp³-hybridized carbons (Fsp3) is 0.471. The van der Waals surface area contributed by atoms with Crippen LogP contribution in [0.1, 0.15) is 50.8 Å². The zero-order chi connectivity index (χ0) is 14.7. The van der Waals surface area contributed by atoms with Crippen molar-refractivity contribution >= 4 is 10.9 Å². The molecule has 0 radical (unpaired) electrons. The van der Waals surface area contributed by atoms with Crippen LogP contribution < -0.4 is 5.56 Å². The van der Waals surface area contributed by atoms with Gasteiger partial charge in [0.05, 0.1) is 6.10 Å². The van der Waals surface area contributed by atoms with E-state index in [1.807, 2.05) is 31.2 Å². The first-order valence-corrected chi connectivity index (χ1v) is 7.44. The summed E-state index contributed by atoms with van der Waals surface area (Å²) in [6.45, 7) is 6.16. The van der Waals surface area contributed by atoms with Crippen LogP contribution in [0.4, 0.5) is 0 Å². The zero-order valence-corrected chi connectivity index (χ0v) is 12.4. The molecule has 20 heavy (non-hydrogen) atoms. The third-order valence-electron chi connectivity index (χ3n) is 4.16. The number of fused-ring (bicyclic) bond motifs is 1. The van der Waals surface area contributed by atoms with Crippen molar-refractivity contribution in [3.8, 4) is 0 Å². The van der Waals surface area contributed by atoms with Crippen LogP contribution in [0.25, 0.3) is 10.9 Å². The quantitative estimate of drug-likeness (QED) is 0.875. The summed E-state index contributed by atoms with van der Waals surface area (Å²) in [5.74, 6) is 0.258. The van der Waals surface area contributed by atoms with Crippen molar-refractivity contribution in [2.24, 2.45) is 5.92 Å². The van der Waals surface area contributed by atoms with Crippen molar-refractivity contribution in [2.75, 3.05) is 0 Å².